The van der Waals surface area contributed by atoms with Gasteiger partial charge in [0.25, 0.3) is 0 Å². The van der Waals surface area contributed by atoms with E-state index in [1.807, 2.05) is 0 Å². The number of urea groups is 1. The third-order valence-electron chi connectivity index (χ3n) is 3.86. The highest BCUT2D eigenvalue weighted by Crippen LogP contribution is 2.38. The van der Waals surface area contributed by atoms with E-state index < -0.39 is 0 Å². The van der Waals surface area contributed by atoms with Crippen molar-refractivity contribution in [2.45, 2.75) is 38.5 Å². The largest absolute Gasteiger partial charge is 0.330 e. The van der Waals surface area contributed by atoms with Crippen molar-refractivity contribution >= 4 is 23.9 Å². The molecule has 0 aromatic heterocycles. The first kappa shape index (κ1) is 11.9. The van der Waals surface area contributed by atoms with Gasteiger partial charge >= 0.3 is 6.03 Å². The van der Waals surface area contributed by atoms with E-state index in [0.717, 1.165) is 43.5 Å². The van der Waals surface area contributed by atoms with Crippen molar-refractivity contribution in [2.75, 3.05) is 5.32 Å². The maximum Gasteiger partial charge on any atom is 0.330 e. The molecule has 0 aliphatic heterocycles. The highest BCUT2D eigenvalue weighted by atomic mass is 32.2. The number of fused-ring (bicyclic) bond motifs is 2. The van der Waals surface area contributed by atoms with Crippen LogP contribution in [0.1, 0.15) is 35.1 Å². The second-order valence-corrected chi connectivity index (χ2v) is 5.35. The Hall–Kier alpha value is -1.20. The van der Waals surface area contributed by atoms with Crippen molar-refractivity contribution in [1.29, 1.82) is 0 Å². The van der Waals surface area contributed by atoms with Crippen LogP contribution in [-0.2, 0) is 25.7 Å². The highest BCUT2D eigenvalue weighted by molar-refractivity contribution is 7.95. The fourth-order valence-corrected chi connectivity index (χ4v) is 3.32. The lowest BCUT2D eigenvalue weighted by Gasteiger charge is -2.15. The lowest BCUT2D eigenvalue weighted by Crippen LogP contribution is -2.25. The molecule has 1 aromatic carbocycles. The molecule has 18 heavy (non-hydrogen) atoms. The molecule has 0 saturated carbocycles. The summed E-state index contributed by atoms with van der Waals surface area (Å²) in [7, 11) is 0. The Morgan fingerprint density at radius 1 is 1.11 bits per heavy atom. The first-order valence-electron chi connectivity index (χ1n) is 6.39. The van der Waals surface area contributed by atoms with Crippen molar-refractivity contribution in [3.8, 4) is 0 Å². The molecule has 96 valence electrons. The van der Waals surface area contributed by atoms with E-state index in [0.29, 0.717) is 0 Å². The van der Waals surface area contributed by atoms with E-state index >= 15 is 0 Å². The molecular weight excluding hydrogens is 246 g/mol. The van der Waals surface area contributed by atoms with Gasteiger partial charge in [-0.2, -0.15) is 0 Å². The molecule has 0 spiro atoms. The molecule has 0 radical (unpaired) electrons. The minimum atomic E-state index is -0.225. The van der Waals surface area contributed by atoms with Crippen molar-refractivity contribution in [1.82, 2.24) is 4.72 Å². The van der Waals surface area contributed by atoms with Crippen LogP contribution in [0.15, 0.2) is 6.07 Å². The van der Waals surface area contributed by atoms with Crippen LogP contribution in [0.5, 0.6) is 0 Å². The van der Waals surface area contributed by atoms with Gasteiger partial charge in [-0.25, -0.2) is 4.79 Å². The molecule has 5 heteroatoms. The van der Waals surface area contributed by atoms with Gasteiger partial charge in [0.15, 0.2) is 0 Å². The maximum absolute atomic E-state index is 11.7. The normalized spacial score (nSPS) is 16.3. The molecule has 4 nitrogen and oxygen atoms in total. The molecule has 2 aliphatic carbocycles. The van der Waals surface area contributed by atoms with E-state index in [2.05, 4.69) is 16.1 Å². The van der Waals surface area contributed by atoms with Crippen LogP contribution in [0.25, 0.3) is 0 Å². The fourth-order valence-electron chi connectivity index (χ4n) is 3.16. The third-order valence-corrected chi connectivity index (χ3v) is 4.17. The molecule has 0 saturated heterocycles. The molecule has 1 aromatic rings. The van der Waals surface area contributed by atoms with Crippen molar-refractivity contribution < 1.29 is 4.79 Å². The Kier molecular flexibility index (Phi) is 3.18. The Morgan fingerprint density at radius 3 is 2.28 bits per heavy atom. The summed E-state index contributed by atoms with van der Waals surface area (Å²) in [6.45, 7) is 0. The average Bonchev–Trinajstić information content (AvgIpc) is 2.96. The SMILES string of the molecule is NSNC(=O)Nc1c2c(cc3c1CCC3)CCC2. The van der Waals surface area contributed by atoms with E-state index in [1.54, 1.807) is 0 Å². The van der Waals surface area contributed by atoms with E-state index in [1.165, 1.54) is 35.1 Å². The quantitative estimate of drug-likeness (QED) is 0.717. The first-order valence-corrected chi connectivity index (χ1v) is 7.27. The minimum Gasteiger partial charge on any atom is -0.307 e. The number of anilines is 1. The number of nitrogens with one attached hydrogen (secondary N) is 2. The summed E-state index contributed by atoms with van der Waals surface area (Å²) < 4.78 is 2.52. The molecule has 3 rings (SSSR count). The van der Waals surface area contributed by atoms with Crippen LogP contribution in [-0.4, -0.2) is 6.03 Å². The Bertz CT molecular complexity index is 469. The lowest BCUT2D eigenvalue weighted by molar-refractivity contribution is 0.257. The van der Waals surface area contributed by atoms with Gasteiger partial charge in [-0.3, -0.25) is 9.86 Å². The number of rotatable bonds is 2. The molecule has 0 atom stereocenters. The molecule has 2 aliphatic rings. The monoisotopic (exact) mass is 263 g/mol. The van der Waals surface area contributed by atoms with Crippen LogP contribution in [0.4, 0.5) is 10.5 Å². The van der Waals surface area contributed by atoms with Gasteiger partial charge in [0.05, 0.1) is 0 Å². The molecular formula is C13H17N3OS. The number of aryl methyl sites for hydroxylation is 2. The van der Waals surface area contributed by atoms with Crippen LogP contribution >= 0.6 is 12.1 Å². The second-order valence-electron chi connectivity index (χ2n) is 4.91. The number of carbonyl (C=O) groups excluding carboxylic acids is 1. The summed E-state index contributed by atoms with van der Waals surface area (Å²) in [4.78, 5) is 11.7. The van der Waals surface area contributed by atoms with Crippen molar-refractivity contribution in [2.24, 2.45) is 5.14 Å². The Labute approximate surface area is 111 Å². The first-order chi connectivity index (χ1) is 8.79. The van der Waals surface area contributed by atoms with Crippen molar-refractivity contribution in [3.05, 3.63) is 28.3 Å². The zero-order valence-corrected chi connectivity index (χ0v) is 11.0. The summed E-state index contributed by atoms with van der Waals surface area (Å²) >= 11 is 0.833. The van der Waals surface area contributed by atoms with Crippen LogP contribution < -0.4 is 15.2 Å². The highest BCUT2D eigenvalue weighted by Gasteiger charge is 2.24. The van der Waals surface area contributed by atoms with Gasteiger partial charge in [-0.1, -0.05) is 6.07 Å². The number of amides is 2. The van der Waals surface area contributed by atoms with Gasteiger partial charge in [-0.05, 0) is 60.8 Å². The number of hydrogen-bond donors (Lipinski definition) is 3. The summed E-state index contributed by atoms with van der Waals surface area (Å²) in [5.41, 5.74) is 6.59. The molecule has 0 bridgehead atoms. The summed E-state index contributed by atoms with van der Waals surface area (Å²) in [5.74, 6) is 0. The molecule has 4 N–H and O–H groups in total. The predicted octanol–water partition coefficient (Wildman–Crippen LogP) is 2.31. The molecule has 0 fully saturated rings. The standard InChI is InChI=1S/C13H17N3OS/c14-18-16-13(17)15-12-10-5-1-3-8(10)7-9-4-2-6-11(9)12/h7H,1-6,14H2,(H2,15,16,17). The lowest BCUT2D eigenvalue weighted by atomic mass is 9.99. The second kappa shape index (κ2) is 4.82. The van der Waals surface area contributed by atoms with E-state index in [-0.39, 0.29) is 6.03 Å². The number of hydrogen-bond acceptors (Lipinski definition) is 3. The summed E-state index contributed by atoms with van der Waals surface area (Å²) in [6, 6.07) is 2.13. The van der Waals surface area contributed by atoms with E-state index in [4.69, 9.17) is 5.14 Å². The fraction of sp³-hybridized carbons (Fsp3) is 0.462. The maximum atomic E-state index is 11.7. The van der Waals surface area contributed by atoms with Gasteiger partial charge in [0.2, 0.25) is 0 Å². The van der Waals surface area contributed by atoms with Crippen LogP contribution in [0, 0.1) is 0 Å². The predicted molar refractivity (Wildman–Crippen MR) is 74.4 cm³/mol. The summed E-state index contributed by atoms with van der Waals surface area (Å²) in [5, 5.41) is 8.25. The average molecular weight is 263 g/mol. The molecule has 2 amide bonds. The zero-order chi connectivity index (χ0) is 12.5. The van der Waals surface area contributed by atoms with Gasteiger partial charge in [-0.15, -0.1) is 0 Å². The number of carbonyl (C=O) groups is 1. The minimum absolute atomic E-state index is 0.225. The van der Waals surface area contributed by atoms with Crippen molar-refractivity contribution in [3.63, 3.8) is 0 Å². The smallest absolute Gasteiger partial charge is 0.307 e. The van der Waals surface area contributed by atoms with Gasteiger partial charge in [0, 0.05) is 17.8 Å². The summed E-state index contributed by atoms with van der Waals surface area (Å²) in [6.07, 6.45) is 6.83. The molecule has 0 heterocycles. The number of benzene rings is 1. The third kappa shape index (κ3) is 1.97. The van der Waals surface area contributed by atoms with Crippen LogP contribution in [0.3, 0.4) is 0 Å². The number of nitrogens with two attached hydrogens (primary N) is 1. The Morgan fingerprint density at radius 2 is 1.72 bits per heavy atom. The Balaban J connectivity index is 1.99. The molecule has 0 unspecified atom stereocenters. The van der Waals surface area contributed by atoms with Crippen LogP contribution in [0.2, 0.25) is 0 Å². The topological polar surface area (TPSA) is 67.1 Å². The van der Waals surface area contributed by atoms with Gasteiger partial charge < -0.3 is 5.32 Å². The van der Waals surface area contributed by atoms with Gasteiger partial charge in [0.1, 0.15) is 0 Å². The van der Waals surface area contributed by atoms with E-state index in [9.17, 15) is 4.79 Å². The zero-order valence-electron chi connectivity index (χ0n) is 10.2.